The Labute approximate surface area is 104 Å². The summed E-state index contributed by atoms with van der Waals surface area (Å²) < 4.78 is 10.9. The van der Waals surface area contributed by atoms with Gasteiger partial charge in [-0.15, -0.1) is 0 Å². The molecule has 0 fully saturated rings. The highest BCUT2D eigenvalue weighted by Gasteiger charge is 2.19. The Morgan fingerprint density at radius 3 is 2.72 bits per heavy atom. The first-order valence-electron chi connectivity index (χ1n) is 5.78. The molecular formula is C15H12O3. The minimum absolute atomic E-state index is 0.153. The van der Waals surface area contributed by atoms with Crippen LogP contribution in [0, 0.1) is 6.92 Å². The lowest BCUT2D eigenvalue weighted by molar-refractivity contribution is 0.247. The SMILES string of the molecule is Cc1cc2c(c(=O)o1)C=C[C@H](c1ccccc1)O2. The predicted octanol–water partition coefficient (Wildman–Crippen LogP) is 3.10. The van der Waals surface area contributed by atoms with E-state index in [1.807, 2.05) is 36.4 Å². The van der Waals surface area contributed by atoms with Crippen LogP contribution in [-0.2, 0) is 0 Å². The third kappa shape index (κ3) is 1.84. The molecule has 1 aromatic heterocycles. The maximum absolute atomic E-state index is 11.6. The quantitative estimate of drug-likeness (QED) is 0.768. The van der Waals surface area contributed by atoms with Crippen molar-refractivity contribution in [3.63, 3.8) is 0 Å². The summed E-state index contributed by atoms with van der Waals surface area (Å²) in [4.78, 5) is 11.6. The smallest absolute Gasteiger partial charge is 0.346 e. The van der Waals surface area contributed by atoms with Crippen molar-refractivity contribution in [3.8, 4) is 5.75 Å². The number of rotatable bonds is 1. The van der Waals surface area contributed by atoms with Crippen LogP contribution in [0.25, 0.3) is 6.08 Å². The Hall–Kier alpha value is -2.29. The molecule has 3 rings (SSSR count). The molecule has 18 heavy (non-hydrogen) atoms. The zero-order valence-corrected chi connectivity index (χ0v) is 9.92. The number of hydrogen-bond donors (Lipinski definition) is 0. The third-order valence-electron chi connectivity index (χ3n) is 2.89. The highest BCUT2D eigenvalue weighted by atomic mass is 16.5. The topological polar surface area (TPSA) is 39.4 Å². The molecule has 0 bridgehead atoms. The fourth-order valence-corrected chi connectivity index (χ4v) is 2.02. The van der Waals surface area contributed by atoms with Crippen molar-refractivity contribution in [2.45, 2.75) is 13.0 Å². The lowest BCUT2D eigenvalue weighted by Crippen LogP contribution is -2.14. The highest BCUT2D eigenvalue weighted by Crippen LogP contribution is 2.31. The summed E-state index contributed by atoms with van der Waals surface area (Å²) in [5.74, 6) is 1.14. The van der Waals surface area contributed by atoms with Crippen LogP contribution in [-0.4, -0.2) is 0 Å². The van der Waals surface area contributed by atoms with Gasteiger partial charge in [0.15, 0.2) is 0 Å². The molecule has 1 aliphatic heterocycles. The van der Waals surface area contributed by atoms with Crippen molar-refractivity contribution in [2.75, 3.05) is 0 Å². The van der Waals surface area contributed by atoms with E-state index < -0.39 is 0 Å². The molecule has 0 radical (unpaired) electrons. The Morgan fingerprint density at radius 1 is 1.17 bits per heavy atom. The molecule has 1 aliphatic rings. The monoisotopic (exact) mass is 240 g/mol. The van der Waals surface area contributed by atoms with Gasteiger partial charge in [-0.05, 0) is 24.6 Å². The van der Waals surface area contributed by atoms with Crippen molar-refractivity contribution in [3.05, 3.63) is 69.8 Å². The fourth-order valence-electron chi connectivity index (χ4n) is 2.02. The van der Waals surface area contributed by atoms with Crippen molar-refractivity contribution < 1.29 is 9.15 Å². The molecule has 0 saturated carbocycles. The average molecular weight is 240 g/mol. The number of fused-ring (bicyclic) bond motifs is 1. The Kier molecular flexibility index (Phi) is 2.52. The number of hydrogen-bond acceptors (Lipinski definition) is 3. The van der Waals surface area contributed by atoms with Crippen molar-refractivity contribution in [2.24, 2.45) is 0 Å². The number of benzene rings is 1. The Balaban J connectivity index is 2.02. The second kappa shape index (κ2) is 4.18. The summed E-state index contributed by atoms with van der Waals surface area (Å²) in [6.07, 6.45) is 3.48. The molecule has 0 amide bonds. The zero-order valence-electron chi connectivity index (χ0n) is 9.92. The Bertz CT molecular complexity index is 653. The summed E-state index contributed by atoms with van der Waals surface area (Å²) >= 11 is 0. The minimum atomic E-state index is -0.354. The molecule has 2 aromatic rings. The van der Waals surface area contributed by atoms with E-state index >= 15 is 0 Å². The molecule has 2 heterocycles. The normalized spacial score (nSPS) is 17.1. The lowest BCUT2D eigenvalue weighted by Gasteiger charge is -2.21. The summed E-state index contributed by atoms with van der Waals surface area (Å²) in [7, 11) is 0. The molecule has 90 valence electrons. The molecule has 1 aromatic carbocycles. The van der Waals surface area contributed by atoms with Crippen LogP contribution < -0.4 is 10.4 Å². The van der Waals surface area contributed by atoms with Gasteiger partial charge in [0.2, 0.25) is 0 Å². The van der Waals surface area contributed by atoms with E-state index in [1.165, 1.54) is 0 Å². The third-order valence-corrected chi connectivity index (χ3v) is 2.89. The van der Waals surface area contributed by atoms with Gasteiger partial charge < -0.3 is 9.15 Å². The first-order valence-corrected chi connectivity index (χ1v) is 5.78. The van der Waals surface area contributed by atoms with Gasteiger partial charge in [-0.2, -0.15) is 0 Å². The fraction of sp³-hybridized carbons (Fsp3) is 0.133. The van der Waals surface area contributed by atoms with Gasteiger partial charge in [-0.3, -0.25) is 0 Å². The van der Waals surface area contributed by atoms with Gasteiger partial charge in [0.05, 0.1) is 0 Å². The molecule has 0 spiro atoms. The first-order chi connectivity index (χ1) is 8.74. The van der Waals surface area contributed by atoms with Crippen LogP contribution in [0.1, 0.15) is 23.0 Å². The van der Waals surface area contributed by atoms with Crippen molar-refractivity contribution >= 4 is 6.08 Å². The van der Waals surface area contributed by atoms with Crippen LogP contribution in [0.5, 0.6) is 5.75 Å². The molecule has 0 unspecified atom stereocenters. The lowest BCUT2D eigenvalue weighted by atomic mass is 10.1. The Morgan fingerprint density at radius 2 is 1.94 bits per heavy atom. The molecule has 0 aliphatic carbocycles. The van der Waals surface area contributed by atoms with E-state index in [4.69, 9.17) is 9.15 Å². The van der Waals surface area contributed by atoms with Crippen LogP contribution in [0.15, 0.2) is 51.7 Å². The molecule has 0 saturated heterocycles. The maximum atomic E-state index is 11.6. The van der Waals surface area contributed by atoms with Crippen molar-refractivity contribution in [1.82, 2.24) is 0 Å². The standard InChI is InChI=1S/C15H12O3/c1-10-9-14-12(15(16)17-10)7-8-13(18-14)11-5-3-2-4-6-11/h2-9,13H,1H3/t13-/m1/s1. The van der Waals surface area contributed by atoms with E-state index in [0.29, 0.717) is 17.1 Å². The highest BCUT2D eigenvalue weighted by molar-refractivity contribution is 5.59. The van der Waals surface area contributed by atoms with Gasteiger partial charge in [-0.1, -0.05) is 30.3 Å². The van der Waals surface area contributed by atoms with Gasteiger partial charge in [0, 0.05) is 6.07 Å². The van der Waals surface area contributed by atoms with E-state index in [-0.39, 0.29) is 11.7 Å². The molecular weight excluding hydrogens is 228 g/mol. The van der Waals surface area contributed by atoms with Crippen LogP contribution in [0.3, 0.4) is 0 Å². The van der Waals surface area contributed by atoms with Crippen LogP contribution in [0.4, 0.5) is 0 Å². The van der Waals surface area contributed by atoms with E-state index in [1.54, 1.807) is 19.1 Å². The summed E-state index contributed by atoms with van der Waals surface area (Å²) in [6.45, 7) is 1.74. The number of ether oxygens (including phenoxy) is 1. The molecule has 3 nitrogen and oxygen atoms in total. The summed E-state index contributed by atoms with van der Waals surface area (Å²) in [5, 5.41) is 0. The second-order valence-corrected chi connectivity index (χ2v) is 4.23. The maximum Gasteiger partial charge on any atom is 0.346 e. The molecule has 1 atom stereocenters. The minimum Gasteiger partial charge on any atom is -0.481 e. The van der Waals surface area contributed by atoms with Crippen molar-refractivity contribution in [1.29, 1.82) is 0 Å². The number of aryl methyl sites for hydroxylation is 1. The zero-order chi connectivity index (χ0) is 12.5. The predicted molar refractivity (Wildman–Crippen MR) is 68.6 cm³/mol. The van der Waals surface area contributed by atoms with Gasteiger partial charge in [0.25, 0.3) is 0 Å². The largest absolute Gasteiger partial charge is 0.481 e. The second-order valence-electron chi connectivity index (χ2n) is 4.23. The van der Waals surface area contributed by atoms with E-state index in [2.05, 4.69) is 0 Å². The van der Waals surface area contributed by atoms with Gasteiger partial charge >= 0.3 is 5.63 Å². The van der Waals surface area contributed by atoms with E-state index in [9.17, 15) is 4.79 Å². The summed E-state index contributed by atoms with van der Waals surface area (Å²) in [5.41, 5.74) is 1.19. The first kappa shape index (κ1) is 10.8. The van der Waals surface area contributed by atoms with Gasteiger partial charge in [-0.25, -0.2) is 4.79 Å². The van der Waals surface area contributed by atoms with Gasteiger partial charge in [0.1, 0.15) is 23.2 Å². The van der Waals surface area contributed by atoms with Crippen LogP contribution in [0.2, 0.25) is 0 Å². The van der Waals surface area contributed by atoms with E-state index in [0.717, 1.165) is 5.56 Å². The molecule has 3 heteroatoms. The average Bonchev–Trinajstić information content (AvgIpc) is 2.39. The summed E-state index contributed by atoms with van der Waals surface area (Å²) in [6, 6.07) is 11.6. The molecule has 0 N–H and O–H groups in total. The van der Waals surface area contributed by atoms with Crippen LogP contribution >= 0.6 is 0 Å².